The maximum absolute atomic E-state index is 12.8. The zero-order valence-electron chi connectivity index (χ0n) is 14.6. The van der Waals surface area contributed by atoms with Crippen molar-refractivity contribution >= 4 is 22.9 Å². The van der Waals surface area contributed by atoms with Crippen LogP contribution in [0.3, 0.4) is 0 Å². The van der Waals surface area contributed by atoms with Gasteiger partial charge in [-0.15, -0.1) is 11.3 Å². The van der Waals surface area contributed by atoms with Gasteiger partial charge < -0.3 is 5.32 Å². The SMILES string of the molecule is O=C(NCC1(c2ccccc2)CC1)c1cnn2c(-c3cccs3)ccnc12. The first-order chi connectivity index (χ1) is 13.3. The number of nitrogens with one attached hydrogen (secondary N) is 1. The van der Waals surface area contributed by atoms with Gasteiger partial charge in [0.15, 0.2) is 5.65 Å². The van der Waals surface area contributed by atoms with E-state index in [9.17, 15) is 4.79 Å². The molecule has 0 saturated heterocycles. The number of carbonyl (C=O) groups excluding carboxylic acids is 1. The van der Waals surface area contributed by atoms with Crippen molar-refractivity contribution in [2.75, 3.05) is 6.54 Å². The Balaban J connectivity index is 1.40. The molecule has 1 N–H and O–H groups in total. The number of aromatic nitrogens is 3. The van der Waals surface area contributed by atoms with Gasteiger partial charge in [-0.1, -0.05) is 36.4 Å². The molecule has 1 saturated carbocycles. The van der Waals surface area contributed by atoms with E-state index in [1.54, 1.807) is 28.2 Å². The molecule has 0 aliphatic heterocycles. The fourth-order valence-corrected chi connectivity index (χ4v) is 4.25. The van der Waals surface area contributed by atoms with Crippen molar-refractivity contribution in [2.24, 2.45) is 0 Å². The lowest BCUT2D eigenvalue weighted by atomic mass is 9.96. The molecule has 6 heteroatoms. The Labute approximate surface area is 160 Å². The molecule has 1 amide bonds. The van der Waals surface area contributed by atoms with Gasteiger partial charge in [0.25, 0.3) is 5.91 Å². The predicted octanol–water partition coefficient (Wildman–Crippen LogP) is 3.92. The van der Waals surface area contributed by atoms with Crippen molar-refractivity contribution in [3.05, 3.63) is 77.4 Å². The lowest BCUT2D eigenvalue weighted by molar-refractivity contribution is 0.0951. The second kappa shape index (κ2) is 6.32. The number of fused-ring (bicyclic) bond motifs is 1. The highest BCUT2D eigenvalue weighted by Gasteiger charge is 2.44. The van der Waals surface area contributed by atoms with Crippen LogP contribution >= 0.6 is 11.3 Å². The van der Waals surface area contributed by atoms with Crippen LogP contribution in [-0.4, -0.2) is 27.0 Å². The second-order valence-corrected chi connectivity index (χ2v) is 7.88. The van der Waals surface area contributed by atoms with Crippen LogP contribution in [0.5, 0.6) is 0 Å². The number of amides is 1. The molecule has 134 valence electrons. The smallest absolute Gasteiger partial charge is 0.256 e. The summed E-state index contributed by atoms with van der Waals surface area (Å²) in [6, 6.07) is 16.4. The minimum atomic E-state index is -0.122. The number of hydrogen-bond acceptors (Lipinski definition) is 4. The Morgan fingerprint density at radius 1 is 1.15 bits per heavy atom. The summed E-state index contributed by atoms with van der Waals surface area (Å²) >= 11 is 1.64. The van der Waals surface area contributed by atoms with E-state index in [1.165, 1.54) is 5.56 Å². The summed E-state index contributed by atoms with van der Waals surface area (Å²) in [7, 11) is 0. The monoisotopic (exact) mass is 374 g/mol. The number of rotatable bonds is 5. The van der Waals surface area contributed by atoms with Crippen LogP contribution in [0.2, 0.25) is 0 Å². The van der Waals surface area contributed by atoms with E-state index < -0.39 is 0 Å². The van der Waals surface area contributed by atoms with Crippen LogP contribution in [0.1, 0.15) is 28.8 Å². The molecule has 0 atom stereocenters. The van der Waals surface area contributed by atoms with Crippen molar-refractivity contribution in [3.8, 4) is 10.6 Å². The molecular weight excluding hydrogens is 356 g/mol. The topological polar surface area (TPSA) is 59.3 Å². The molecule has 3 heterocycles. The summed E-state index contributed by atoms with van der Waals surface area (Å²) in [6.07, 6.45) is 5.55. The van der Waals surface area contributed by atoms with Gasteiger partial charge in [-0.3, -0.25) is 4.79 Å². The van der Waals surface area contributed by atoms with E-state index >= 15 is 0 Å². The quantitative estimate of drug-likeness (QED) is 0.576. The average Bonchev–Trinajstić information content (AvgIpc) is 3.12. The van der Waals surface area contributed by atoms with Gasteiger partial charge >= 0.3 is 0 Å². The maximum Gasteiger partial charge on any atom is 0.256 e. The third kappa shape index (κ3) is 2.82. The summed E-state index contributed by atoms with van der Waals surface area (Å²) in [4.78, 5) is 18.3. The number of thiophene rings is 1. The van der Waals surface area contributed by atoms with E-state index in [0.29, 0.717) is 17.8 Å². The number of benzene rings is 1. The van der Waals surface area contributed by atoms with Gasteiger partial charge in [0.05, 0.1) is 16.8 Å². The Hall–Kier alpha value is -2.99. The van der Waals surface area contributed by atoms with Gasteiger partial charge in [0.1, 0.15) is 5.56 Å². The number of nitrogens with zero attached hydrogens (tertiary/aromatic N) is 3. The van der Waals surface area contributed by atoms with Crippen molar-refractivity contribution in [1.82, 2.24) is 19.9 Å². The largest absolute Gasteiger partial charge is 0.351 e. The van der Waals surface area contributed by atoms with Gasteiger partial charge in [-0.05, 0) is 35.9 Å². The van der Waals surface area contributed by atoms with E-state index in [-0.39, 0.29) is 11.3 Å². The summed E-state index contributed by atoms with van der Waals surface area (Å²) in [5.74, 6) is -0.122. The summed E-state index contributed by atoms with van der Waals surface area (Å²) < 4.78 is 1.74. The first-order valence-corrected chi connectivity index (χ1v) is 9.85. The summed E-state index contributed by atoms with van der Waals surface area (Å²) in [6.45, 7) is 0.637. The van der Waals surface area contributed by atoms with E-state index in [4.69, 9.17) is 0 Å². The lowest BCUT2D eigenvalue weighted by Crippen LogP contribution is -2.32. The van der Waals surface area contributed by atoms with Crippen LogP contribution in [-0.2, 0) is 5.41 Å². The standard InChI is InChI=1S/C21H18N4OS/c26-20(23-14-21(9-10-21)15-5-2-1-3-6-15)16-13-24-25-17(8-11-22-19(16)25)18-7-4-12-27-18/h1-8,11-13H,9-10,14H2,(H,23,26). The van der Waals surface area contributed by atoms with Gasteiger partial charge in [-0.25, -0.2) is 9.50 Å². The highest BCUT2D eigenvalue weighted by molar-refractivity contribution is 7.13. The highest BCUT2D eigenvalue weighted by Crippen LogP contribution is 2.47. The predicted molar refractivity (Wildman–Crippen MR) is 106 cm³/mol. The van der Waals surface area contributed by atoms with Gasteiger partial charge in [0, 0.05) is 18.2 Å². The molecule has 0 spiro atoms. The van der Waals surface area contributed by atoms with Crippen LogP contribution in [0.15, 0.2) is 66.3 Å². The Morgan fingerprint density at radius 3 is 2.74 bits per heavy atom. The third-order valence-corrected chi connectivity index (χ3v) is 6.14. The first-order valence-electron chi connectivity index (χ1n) is 8.97. The van der Waals surface area contributed by atoms with E-state index in [0.717, 1.165) is 23.4 Å². The first kappa shape index (κ1) is 16.2. The molecule has 0 radical (unpaired) electrons. The summed E-state index contributed by atoms with van der Waals surface area (Å²) in [5, 5.41) is 9.54. The minimum absolute atomic E-state index is 0.0788. The molecule has 4 aromatic rings. The van der Waals surface area contributed by atoms with Crippen LogP contribution in [0, 0.1) is 0 Å². The van der Waals surface area contributed by atoms with E-state index in [1.807, 2.05) is 29.6 Å². The maximum atomic E-state index is 12.8. The molecule has 1 aromatic carbocycles. The number of carbonyl (C=O) groups is 1. The van der Waals surface area contributed by atoms with Crippen molar-refractivity contribution in [3.63, 3.8) is 0 Å². The Morgan fingerprint density at radius 2 is 2.00 bits per heavy atom. The Bertz CT molecular complexity index is 1100. The molecule has 0 bridgehead atoms. The third-order valence-electron chi connectivity index (χ3n) is 5.25. The molecular formula is C21H18N4OS. The van der Waals surface area contributed by atoms with Crippen molar-refractivity contribution in [1.29, 1.82) is 0 Å². The van der Waals surface area contributed by atoms with Crippen LogP contribution < -0.4 is 5.32 Å². The van der Waals surface area contributed by atoms with Gasteiger partial charge in [0.2, 0.25) is 0 Å². The minimum Gasteiger partial charge on any atom is -0.351 e. The normalized spacial score (nSPS) is 15.0. The summed E-state index contributed by atoms with van der Waals surface area (Å²) in [5.41, 5.74) is 3.41. The Kier molecular flexibility index (Phi) is 3.79. The number of hydrogen-bond donors (Lipinski definition) is 1. The van der Waals surface area contributed by atoms with Gasteiger partial charge in [-0.2, -0.15) is 5.10 Å². The van der Waals surface area contributed by atoms with Crippen LogP contribution in [0.25, 0.3) is 16.2 Å². The molecule has 1 aliphatic carbocycles. The molecule has 1 aliphatic rings. The van der Waals surface area contributed by atoms with Crippen molar-refractivity contribution < 1.29 is 4.79 Å². The zero-order chi connectivity index (χ0) is 18.3. The molecule has 5 rings (SSSR count). The molecule has 1 fully saturated rings. The average molecular weight is 374 g/mol. The fraction of sp³-hybridized carbons (Fsp3) is 0.190. The molecule has 27 heavy (non-hydrogen) atoms. The molecule has 0 unspecified atom stereocenters. The van der Waals surface area contributed by atoms with E-state index in [2.05, 4.69) is 39.7 Å². The van der Waals surface area contributed by atoms with Crippen LogP contribution in [0.4, 0.5) is 0 Å². The highest BCUT2D eigenvalue weighted by atomic mass is 32.1. The molecule has 3 aromatic heterocycles. The van der Waals surface area contributed by atoms with Crippen molar-refractivity contribution in [2.45, 2.75) is 18.3 Å². The fourth-order valence-electron chi connectivity index (χ4n) is 3.52. The molecule has 5 nitrogen and oxygen atoms in total. The second-order valence-electron chi connectivity index (χ2n) is 6.93. The lowest BCUT2D eigenvalue weighted by Gasteiger charge is -2.16. The zero-order valence-corrected chi connectivity index (χ0v) is 15.4.